The third-order valence-electron chi connectivity index (χ3n) is 2.74. The maximum absolute atomic E-state index is 4.71. The molecule has 0 N–H and O–H groups in total. The van der Waals surface area contributed by atoms with Gasteiger partial charge in [-0.1, -0.05) is 34.6 Å². The maximum atomic E-state index is 4.71. The first kappa shape index (κ1) is 16.4. The van der Waals surface area contributed by atoms with Gasteiger partial charge in [0.15, 0.2) is 0 Å². The number of pyridine rings is 1. The highest BCUT2D eigenvalue weighted by molar-refractivity contribution is 8.00. The zero-order valence-corrected chi connectivity index (χ0v) is 14.1. The Kier molecular flexibility index (Phi) is 6.18. The van der Waals surface area contributed by atoms with Gasteiger partial charge in [0.2, 0.25) is 0 Å². The molecule has 0 saturated carbocycles. The zero-order chi connectivity index (χ0) is 14.5. The number of nitrogens with zero attached hydrogens (tertiary/aromatic N) is 2. The lowest BCUT2D eigenvalue weighted by molar-refractivity contribution is 0.730. The van der Waals surface area contributed by atoms with Gasteiger partial charge < -0.3 is 4.90 Å². The van der Waals surface area contributed by atoms with Gasteiger partial charge in [-0.2, -0.15) is 0 Å². The molecule has 0 aliphatic carbocycles. The van der Waals surface area contributed by atoms with Gasteiger partial charge in [-0.15, -0.1) is 11.8 Å². The molecule has 0 aromatic carbocycles. The lowest BCUT2D eigenvalue weighted by Gasteiger charge is -2.25. The van der Waals surface area contributed by atoms with Crippen LogP contribution in [-0.2, 0) is 0 Å². The third kappa shape index (κ3) is 5.43. The van der Waals surface area contributed by atoms with Gasteiger partial charge in [-0.05, 0) is 31.4 Å². The van der Waals surface area contributed by atoms with E-state index in [1.165, 1.54) is 23.3 Å². The maximum Gasteiger partial charge on any atom is 0.131 e. The molecule has 0 atom stereocenters. The van der Waals surface area contributed by atoms with Crippen LogP contribution >= 0.6 is 11.8 Å². The first-order valence-electron chi connectivity index (χ1n) is 7.28. The standard InChI is InChI=1S/C16H28N2S/c1-7-9-18(10-8-2)15-13(3)11-14(12-17-15)19-16(4,5)6/h11-12H,7-10H2,1-6H3. The first-order chi connectivity index (χ1) is 8.87. The molecule has 0 aliphatic heterocycles. The van der Waals surface area contributed by atoms with Crippen molar-refractivity contribution in [3.8, 4) is 0 Å². The van der Waals surface area contributed by atoms with Crippen molar-refractivity contribution < 1.29 is 0 Å². The summed E-state index contributed by atoms with van der Waals surface area (Å²) in [5.41, 5.74) is 1.29. The van der Waals surface area contributed by atoms with Crippen molar-refractivity contribution in [2.45, 2.75) is 64.0 Å². The molecule has 0 unspecified atom stereocenters. The molecule has 0 spiro atoms. The lowest BCUT2D eigenvalue weighted by Crippen LogP contribution is -2.26. The van der Waals surface area contributed by atoms with Crippen LogP contribution in [0, 0.1) is 6.92 Å². The summed E-state index contributed by atoms with van der Waals surface area (Å²) in [5.74, 6) is 1.15. The van der Waals surface area contributed by atoms with Crippen LogP contribution in [0.2, 0.25) is 0 Å². The van der Waals surface area contributed by atoms with Crippen molar-refractivity contribution in [2.24, 2.45) is 0 Å². The van der Waals surface area contributed by atoms with Gasteiger partial charge in [0.1, 0.15) is 5.82 Å². The molecule has 0 saturated heterocycles. The van der Waals surface area contributed by atoms with Crippen LogP contribution in [0.4, 0.5) is 5.82 Å². The Hall–Kier alpha value is -0.700. The van der Waals surface area contributed by atoms with Gasteiger partial charge in [0.05, 0.1) is 0 Å². The normalized spacial score (nSPS) is 11.7. The van der Waals surface area contributed by atoms with E-state index in [9.17, 15) is 0 Å². The topological polar surface area (TPSA) is 16.1 Å². The molecular formula is C16H28N2S. The van der Waals surface area contributed by atoms with Crippen LogP contribution in [0.5, 0.6) is 0 Å². The Bertz CT molecular complexity index is 390. The van der Waals surface area contributed by atoms with Crippen molar-refractivity contribution >= 4 is 17.6 Å². The molecule has 3 heteroatoms. The number of aryl methyl sites for hydroxylation is 1. The largest absolute Gasteiger partial charge is 0.356 e. The SMILES string of the molecule is CCCN(CCC)c1ncc(SC(C)(C)C)cc1C. The van der Waals surface area contributed by atoms with Crippen LogP contribution in [0.15, 0.2) is 17.2 Å². The molecule has 0 fully saturated rings. The van der Waals surface area contributed by atoms with E-state index < -0.39 is 0 Å². The summed E-state index contributed by atoms with van der Waals surface area (Å²) in [6.07, 6.45) is 4.36. The minimum atomic E-state index is 0.238. The van der Waals surface area contributed by atoms with E-state index in [0.29, 0.717) is 0 Å². The Morgan fingerprint density at radius 3 is 2.16 bits per heavy atom. The van der Waals surface area contributed by atoms with Crippen molar-refractivity contribution in [1.29, 1.82) is 0 Å². The van der Waals surface area contributed by atoms with E-state index in [4.69, 9.17) is 4.98 Å². The minimum Gasteiger partial charge on any atom is -0.356 e. The number of aromatic nitrogens is 1. The molecule has 19 heavy (non-hydrogen) atoms. The van der Waals surface area contributed by atoms with Crippen LogP contribution in [-0.4, -0.2) is 22.8 Å². The highest BCUT2D eigenvalue weighted by Crippen LogP contribution is 2.33. The molecule has 1 aromatic heterocycles. The second kappa shape index (κ2) is 7.18. The van der Waals surface area contributed by atoms with Gasteiger partial charge in [0.25, 0.3) is 0 Å². The number of hydrogen-bond donors (Lipinski definition) is 0. The second-order valence-electron chi connectivity index (χ2n) is 6.01. The average molecular weight is 280 g/mol. The Labute approximate surface area is 123 Å². The monoisotopic (exact) mass is 280 g/mol. The summed E-state index contributed by atoms with van der Waals surface area (Å²) in [4.78, 5) is 8.37. The summed E-state index contributed by atoms with van der Waals surface area (Å²) in [5, 5.41) is 0. The third-order valence-corrected chi connectivity index (χ3v) is 3.81. The summed E-state index contributed by atoms with van der Waals surface area (Å²) in [7, 11) is 0. The Morgan fingerprint density at radius 2 is 1.74 bits per heavy atom. The van der Waals surface area contributed by atoms with E-state index >= 15 is 0 Å². The molecule has 0 radical (unpaired) electrons. The highest BCUT2D eigenvalue weighted by atomic mass is 32.2. The molecule has 108 valence electrons. The second-order valence-corrected chi connectivity index (χ2v) is 7.91. The van der Waals surface area contributed by atoms with Crippen LogP contribution in [0.3, 0.4) is 0 Å². The molecule has 1 aromatic rings. The number of thioether (sulfide) groups is 1. The summed E-state index contributed by atoms with van der Waals surface area (Å²) >= 11 is 1.88. The van der Waals surface area contributed by atoms with Gasteiger partial charge in [-0.25, -0.2) is 4.98 Å². The highest BCUT2D eigenvalue weighted by Gasteiger charge is 2.15. The fourth-order valence-corrected chi connectivity index (χ4v) is 3.19. The predicted octanol–water partition coefficient (Wildman–Crippen LogP) is 4.91. The molecule has 0 amide bonds. The first-order valence-corrected chi connectivity index (χ1v) is 8.09. The Balaban J connectivity index is 2.91. The lowest BCUT2D eigenvalue weighted by atomic mass is 10.2. The van der Waals surface area contributed by atoms with E-state index in [2.05, 4.69) is 52.5 Å². The minimum absolute atomic E-state index is 0.238. The van der Waals surface area contributed by atoms with Gasteiger partial charge >= 0.3 is 0 Å². The van der Waals surface area contributed by atoms with Crippen molar-refractivity contribution in [1.82, 2.24) is 4.98 Å². The molecule has 2 nitrogen and oxygen atoms in total. The summed E-state index contributed by atoms with van der Waals surface area (Å²) in [6, 6.07) is 2.27. The summed E-state index contributed by atoms with van der Waals surface area (Å²) < 4.78 is 0.238. The average Bonchev–Trinajstić information content (AvgIpc) is 2.27. The smallest absolute Gasteiger partial charge is 0.131 e. The van der Waals surface area contributed by atoms with E-state index in [1.807, 2.05) is 18.0 Å². The Morgan fingerprint density at radius 1 is 1.16 bits per heavy atom. The van der Waals surface area contributed by atoms with Crippen molar-refractivity contribution in [3.05, 3.63) is 17.8 Å². The number of hydrogen-bond acceptors (Lipinski definition) is 3. The van der Waals surface area contributed by atoms with Crippen molar-refractivity contribution in [3.63, 3.8) is 0 Å². The summed E-state index contributed by atoms with van der Waals surface area (Å²) in [6.45, 7) is 15.5. The van der Waals surface area contributed by atoms with Crippen molar-refractivity contribution in [2.75, 3.05) is 18.0 Å². The number of anilines is 1. The molecule has 1 rings (SSSR count). The predicted molar refractivity (Wildman–Crippen MR) is 87.4 cm³/mol. The molecule has 0 bridgehead atoms. The van der Waals surface area contributed by atoms with Gasteiger partial charge in [0, 0.05) is 28.9 Å². The van der Waals surface area contributed by atoms with Crippen LogP contribution in [0.1, 0.15) is 53.0 Å². The number of rotatable bonds is 6. The molecule has 1 heterocycles. The van der Waals surface area contributed by atoms with Crippen LogP contribution < -0.4 is 4.90 Å². The van der Waals surface area contributed by atoms with Crippen LogP contribution in [0.25, 0.3) is 0 Å². The molecular weight excluding hydrogens is 252 g/mol. The quantitative estimate of drug-likeness (QED) is 0.689. The van der Waals surface area contributed by atoms with Gasteiger partial charge in [-0.3, -0.25) is 0 Å². The van der Waals surface area contributed by atoms with E-state index in [1.54, 1.807) is 0 Å². The molecule has 0 aliphatic rings. The van der Waals surface area contributed by atoms with E-state index in [0.717, 1.165) is 18.9 Å². The van der Waals surface area contributed by atoms with E-state index in [-0.39, 0.29) is 4.75 Å². The fraction of sp³-hybridized carbons (Fsp3) is 0.688. The fourth-order valence-electron chi connectivity index (χ4n) is 2.15. The zero-order valence-electron chi connectivity index (χ0n) is 13.3.